The Hall–Kier alpha value is -2.16. The summed E-state index contributed by atoms with van der Waals surface area (Å²) in [5, 5.41) is 0.468. The molecule has 2 heterocycles. The zero-order chi connectivity index (χ0) is 20.6. The summed E-state index contributed by atoms with van der Waals surface area (Å²) in [6.45, 7) is 5.94. The average Bonchev–Trinajstić information content (AvgIpc) is 2.96. The molecule has 0 unspecified atom stereocenters. The van der Waals surface area contributed by atoms with Crippen LogP contribution in [0, 0.1) is 13.8 Å². The Bertz CT molecular complexity index is 1020. The van der Waals surface area contributed by atoms with Gasteiger partial charge in [0.05, 0.1) is 4.90 Å². The summed E-state index contributed by atoms with van der Waals surface area (Å²) in [6.07, 6.45) is 0. The second-order valence-corrected chi connectivity index (χ2v) is 9.21. The van der Waals surface area contributed by atoms with Crippen LogP contribution in [0.2, 0.25) is 5.02 Å². The highest BCUT2D eigenvalue weighted by molar-refractivity contribution is 7.89. The maximum atomic E-state index is 12.9. The predicted octanol–water partition coefficient (Wildman–Crippen LogP) is 2.63. The first-order valence-electron chi connectivity index (χ1n) is 8.88. The molecule has 0 radical (unpaired) electrons. The number of sulfonamides is 1. The summed E-state index contributed by atoms with van der Waals surface area (Å²) in [7, 11) is -3.63. The van der Waals surface area contributed by atoms with E-state index in [1.165, 1.54) is 35.5 Å². The number of aryl methyl sites for hydroxylation is 1. The summed E-state index contributed by atoms with van der Waals surface area (Å²) in [6, 6.07) is 6.03. The number of halogens is 1. The lowest BCUT2D eigenvalue weighted by Crippen LogP contribution is -2.50. The molecule has 1 N–H and O–H groups in total. The molecule has 7 nitrogen and oxygen atoms in total. The van der Waals surface area contributed by atoms with Crippen LogP contribution in [0.25, 0.3) is 0 Å². The van der Waals surface area contributed by atoms with Crippen molar-refractivity contribution in [2.45, 2.75) is 25.7 Å². The largest absolute Gasteiger partial charge is 0.354 e. The molecule has 28 heavy (non-hydrogen) atoms. The third-order valence-corrected chi connectivity index (χ3v) is 7.15. The van der Waals surface area contributed by atoms with E-state index in [0.29, 0.717) is 27.5 Å². The summed E-state index contributed by atoms with van der Waals surface area (Å²) in [5.74, 6) is -0.319. The van der Waals surface area contributed by atoms with E-state index in [4.69, 9.17) is 11.6 Å². The normalized spacial score (nSPS) is 15.6. The molecule has 1 aromatic heterocycles. The first-order chi connectivity index (χ1) is 13.1. The van der Waals surface area contributed by atoms with Gasteiger partial charge < -0.3 is 9.88 Å². The molecule has 0 bridgehead atoms. The van der Waals surface area contributed by atoms with E-state index in [0.717, 1.165) is 0 Å². The van der Waals surface area contributed by atoms with Gasteiger partial charge in [0, 0.05) is 42.5 Å². The van der Waals surface area contributed by atoms with Crippen LogP contribution in [0.1, 0.15) is 39.0 Å². The average molecular weight is 424 g/mol. The van der Waals surface area contributed by atoms with Crippen LogP contribution in [0.4, 0.5) is 0 Å². The van der Waals surface area contributed by atoms with Gasteiger partial charge in [-0.15, -0.1) is 0 Å². The van der Waals surface area contributed by atoms with Crippen LogP contribution in [0.15, 0.2) is 29.2 Å². The van der Waals surface area contributed by atoms with Gasteiger partial charge in [0.2, 0.25) is 10.0 Å². The smallest absolute Gasteiger partial charge is 0.270 e. The molecule has 1 aliphatic heterocycles. The van der Waals surface area contributed by atoms with Crippen molar-refractivity contribution < 1.29 is 18.0 Å². The lowest BCUT2D eigenvalue weighted by molar-refractivity contribution is 0.0691. The Morgan fingerprint density at radius 1 is 1.04 bits per heavy atom. The van der Waals surface area contributed by atoms with Crippen molar-refractivity contribution in [3.05, 3.63) is 51.8 Å². The van der Waals surface area contributed by atoms with E-state index >= 15 is 0 Å². The number of hydrogen-bond acceptors (Lipinski definition) is 4. The van der Waals surface area contributed by atoms with Gasteiger partial charge in [-0.25, -0.2) is 8.42 Å². The fourth-order valence-corrected chi connectivity index (χ4v) is 5.09. The number of H-pyrrole nitrogens is 1. The number of amides is 1. The number of ketones is 1. The number of rotatable bonds is 4. The van der Waals surface area contributed by atoms with E-state index in [1.54, 1.807) is 18.7 Å². The van der Waals surface area contributed by atoms with Crippen molar-refractivity contribution in [2.75, 3.05) is 26.2 Å². The lowest BCUT2D eigenvalue weighted by Gasteiger charge is -2.34. The van der Waals surface area contributed by atoms with Gasteiger partial charge in [0.1, 0.15) is 5.69 Å². The lowest BCUT2D eigenvalue weighted by atomic mass is 10.1. The van der Waals surface area contributed by atoms with E-state index in [2.05, 4.69) is 4.98 Å². The van der Waals surface area contributed by atoms with Gasteiger partial charge in [0.25, 0.3) is 5.91 Å². The van der Waals surface area contributed by atoms with Gasteiger partial charge in [-0.1, -0.05) is 11.6 Å². The van der Waals surface area contributed by atoms with E-state index in [1.807, 2.05) is 0 Å². The maximum Gasteiger partial charge on any atom is 0.270 e. The number of benzene rings is 1. The number of carbonyl (C=O) groups excluding carboxylic acids is 2. The van der Waals surface area contributed by atoms with Crippen LogP contribution >= 0.6 is 11.6 Å². The molecule has 1 fully saturated rings. The zero-order valence-electron chi connectivity index (χ0n) is 16.0. The van der Waals surface area contributed by atoms with Crippen molar-refractivity contribution in [2.24, 2.45) is 0 Å². The van der Waals surface area contributed by atoms with E-state index in [9.17, 15) is 18.0 Å². The third kappa shape index (κ3) is 3.72. The SMILES string of the molecule is CC(=O)c1c(C)[nH]c(C(=O)N2CCN(S(=O)(=O)c3ccc(Cl)cc3)CC2)c1C. The molecule has 9 heteroatoms. The van der Waals surface area contributed by atoms with Gasteiger partial charge in [-0.3, -0.25) is 9.59 Å². The molecule has 1 amide bonds. The topological polar surface area (TPSA) is 90.6 Å². The Balaban J connectivity index is 1.73. The molecule has 150 valence electrons. The van der Waals surface area contributed by atoms with E-state index < -0.39 is 10.0 Å². The third-order valence-electron chi connectivity index (χ3n) is 4.98. The highest BCUT2D eigenvalue weighted by Crippen LogP contribution is 2.23. The molecule has 0 atom stereocenters. The van der Waals surface area contributed by atoms with Crippen molar-refractivity contribution in [3.8, 4) is 0 Å². The van der Waals surface area contributed by atoms with Crippen LogP contribution in [0.3, 0.4) is 0 Å². The quantitative estimate of drug-likeness (QED) is 0.765. The standard InChI is InChI=1S/C19H22ClN3O4S/c1-12-17(14(3)24)13(2)21-18(12)19(25)22-8-10-23(11-9-22)28(26,27)16-6-4-15(20)5-7-16/h4-7,21H,8-11H2,1-3H3. The first-order valence-corrected chi connectivity index (χ1v) is 10.7. The van der Waals surface area contributed by atoms with Gasteiger partial charge >= 0.3 is 0 Å². The molecule has 3 rings (SSSR count). The molecule has 1 saturated heterocycles. The highest BCUT2D eigenvalue weighted by Gasteiger charge is 2.32. The molecule has 0 aliphatic carbocycles. The van der Waals surface area contributed by atoms with Crippen molar-refractivity contribution in [1.29, 1.82) is 0 Å². The number of aromatic amines is 1. The summed E-state index contributed by atoms with van der Waals surface area (Å²) >= 11 is 5.83. The van der Waals surface area contributed by atoms with Gasteiger partial charge in [-0.2, -0.15) is 4.31 Å². The number of nitrogens with zero attached hydrogens (tertiary/aromatic N) is 2. The Morgan fingerprint density at radius 2 is 1.61 bits per heavy atom. The summed E-state index contributed by atoms with van der Waals surface area (Å²) in [4.78, 5) is 29.4. The van der Waals surface area contributed by atoms with Crippen LogP contribution in [-0.2, 0) is 10.0 Å². The fraction of sp³-hybridized carbons (Fsp3) is 0.368. The molecule has 1 aromatic carbocycles. The molecule has 2 aromatic rings. The zero-order valence-corrected chi connectivity index (χ0v) is 17.5. The number of hydrogen-bond donors (Lipinski definition) is 1. The predicted molar refractivity (Wildman–Crippen MR) is 106 cm³/mol. The Morgan fingerprint density at radius 3 is 2.11 bits per heavy atom. The van der Waals surface area contributed by atoms with Crippen molar-refractivity contribution in [3.63, 3.8) is 0 Å². The van der Waals surface area contributed by atoms with Crippen LogP contribution in [-0.4, -0.2) is 60.5 Å². The molecule has 0 spiro atoms. The number of aromatic nitrogens is 1. The van der Waals surface area contributed by atoms with Crippen molar-refractivity contribution >= 4 is 33.3 Å². The monoisotopic (exact) mass is 423 g/mol. The molecule has 0 saturated carbocycles. The number of piperazine rings is 1. The minimum Gasteiger partial charge on any atom is -0.354 e. The van der Waals surface area contributed by atoms with Crippen LogP contribution < -0.4 is 0 Å². The van der Waals surface area contributed by atoms with Gasteiger partial charge in [0.15, 0.2) is 5.78 Å². The highest BCUT2D eigenvalue weighted by atomic mass is 35.5. The Kier molecular flexibility index (Phi) is 5.65. The second kappa shape index (κ2) is 7.69. The van der Waals surface area contributed by atoms with Crippen molar-refractivity contribution in [1.82, 2.24) is 14.2 Å². The summed E-state index contributed by atoms with van der Waals surface area (Å²) in [5.41, 5.74) is 2.22. The second-order valence-electron chi connectivity index (χ2n) is 6.83. The molecule has 1 aliphatic rings. The maximum absolute atomic E-state index is 12.9. The van der Waals surface area contributed by atoms with E-state index in [-0.39, 0.29) is 42.8 Å². The van der Waals surface area contributed by atoms with Gasteiger partial charge in [-0.05, 0) is 50.6 Å². The number of nitrogens with one attached hydrogen (secondary N) is 1. The first kappa shape index (κ1) is 20.6. The molecular formula is C19H22ClN3O4S. The summed E-state index contributed by atoms with van der Waals surface area (Å²) < 4.78 is 26.9. The number of Topliss-reactive ketones (excluding diaryl/α,β-unsaturated/α-hetero) is 1. The minimum atomic E-state index is -3.63. The fourth-order valence-electron chi connectivity index (χ4n) is 3.54. The number of carbonyl (C=O) groups is 2. The molecular weight excluding hydrogens is 402 g/mol. The minimum absolute atomic E-state index is 0.0934. The Labute approximate surface area is 169 Å². The van der Waals surface area contributed by atoms with Crippen LogP contribution in [0.5, 0.6) is 0 Å².